The van der Waals surface area contributed by atoms with Crippen molar-refractivity contribution in [2.45, 2.75) is 11.4 Å². The van der Waals surface area contributed by atoms with Crippen LogP contribution in [0.5, 0.6) is 0 Å². The van der Waals surface area contributed by atoms with Crippen molar-refractivity contribution in [3.8, 4) is 0 Å². The molecule has 2 aromatic heterocycles. The highest BCUT2D eigenvalue weighted by Crippen LogP contribution is 2.20. The van der Waals surface area contributed by atoms with Gasteiger partial charge in [0.15, 0.2) is 0 Å². The number of pyridine rings is 1. The molecule has 0 saturated heterocycles. The molecule has 2 aromatic carbocycles. The normalized spacial score (nSPS) is 11.4. The summed E-state index contributed by atoms with van der Waals surface area (Å²) in [5, 5.41) is 3.47. The Morgan fingerprint density at radius 3 is 2.69 bits per heavy atom. The number of nitrogens with one attached hydrogen (secondary N) is 2. The maximum atomic E-state index is 12.8. The maximum absolute atomic E-state index is 12.8. The highest BCUT2D eigenvalue weighted by atomic mass is 32.2. The number of para-hydroxylation sites is 1. The van der Waals surface area contributed by atoms with Crippen molar-refractivity contribution in [2.24, 2.45) is 0 Å². The fourth-order valence-corrected chi connectivity index (χ4v) is 3.93. The Morgan fingerprint density at radius 2 is 1.86 bits per heavy atom. The van der Waals surface area contributed by atoms with Gasteiger partial charge >= 0.3 is 0 Å². The van der Waals surface area contributed by atoms with Crippen LogP contribution in [0.4, 0.5) is 5.69 Å². The van der Waals surface area contributed by atoms with Gasteiger partial charge in [0.25, 0.3) is 5.91 Å². The van der Waals surface area contributed by atoms with Gasteiger partial charge in [-0.25, -0.2) is 13.1 Å². The van der Waals surface area contributed by atoms with Crippen LogP contribution in [0.1, 0.15) is 16.1 Å². The van der Waals surface area contributed by atoms with Crippen LogP contribution < -0.4 is 10.0 Å². The largest absolute Gasteiger partial charge is 0.468 e. The number of amides is 1. The van der Waals surface area contributed by atoms with E-state index in [2.05, 4.69) is 15.0 Å². The van der Waals surface area contributed by atoms with Gasteiger partial charge in [-0.05, 0) is 42.5 Å². The number of fused-ring (bicyclic) bond motifs is 1. The molecule has 4 rings (SSSR count). The minimum atomic E-state index is -3.77. The molecule has 0 saturated carbocycles. The monoisotopic (exact) mass is 407 g/mol. The first-order valence-corrected chi connectivity index (χ1v) is 10.3. The Balaban J connectivity index is 1.55. The SMILES string of the molecule is O=C(Nc1cccc(S(=O)(=O)NCc2ccco2)c1)c1ccnc2ccccc12. The summed E-state index contributed by atoms with van der Waals surface area (Å²) >= 11 is 0. The second-order valence-electron chi connectivity index (χ2n) is 6.26. The summed E-state index contributed by atoms with van der Waals surface area (Å²) in [4.78, 5) is 17.0. The van der Waals surface area contributed by atoms with E-state index in [4.69, 9.17) is 4.42 Å². The molecule has 0 bridgehead atoms. The van der Waals surface area contributed by atoms with Crippen LogP contribution in [0.3, 0.4) is 0 Å². The van der Waals surface area contributed by atoms with E-state index >= 15 is 0 Å². The van der Waals surface area contributed by atoms with Crippen molar-refractivity contribution in [3.05, 3.63) is 90.5 Å². The van der Waals surface area contributed by atoms with Crippen LogP contribution in [0.15, 0.2) is 88.5 Å². The molecule has 0 aliphatic heterocycles. The summed E-state index contributed by atoms with van der Waals surface area (Å²) in [6, 6.07) is 18.4. The topological polar surface area (TPSA) is 101 Å². The molecule has 8 heteroatoms. The van der Waals surface area contributed by atoms with Crippen molar-refractivity contribution in [1.82, 2.24) is 9.71 Å². The fraction of sp³-hybridized carbons (Fsp3) is 0.0476. The van der Waals surface area contributed by atoms with Gasteiger partial charge in [0, 0.05) is 17.3 Å². The van der Waals surface area contributed by atoms with Crippen LogP contribution in [-0.4, -0.2) is 19.3 Å². The average Bonchev–Trinajstić information content (AvgIpc) is 3.26. The number of furan rings is 1. The minimum absolute atomic E-state index is 0.0366. The summed E-state index contributed by atoms with van der Waals surface area (Å²) in [6.07, 6.45) is 3.04. The van der Waals surface area contributed by atoms with Crippen molar-refractivity contribution in [3.63, 3.8) is 0 Å². The smallest absolute Gasteiger partial charge is 0.256 e. The quantitative estimate of drug-likeness (QED) is 0.509. The first-order valence-electron chi connectivity index (χ1n) is 8.80. The van der Waals surface area contributed by atoms with E-state index in [9.17, 15) is 13.2 Å². The summed E-state index contributed by atoms with van der Waals surface area (Å²) in [7, 11) is -3.77. The zero-order chi connectivity index (χ0) is 20.3. The second kappa shape index (κ2) is 7.86. The van der Waals surface area contributed by atoms with Gasteiger partial charge in [-0.3, -0.25) is 9.78 Å². The molecule has 7 nitrogen and oxygen atoms in total. The second-order valence-corrected chi connectivity index (χ2v) is 8.03. The van der Waals surface area contributed by atoms with Crippen LogP contribution in [-0.2, 0) is 16.6 Å². The number of carbonyl (C=O) groups excluding carboxylic acids is 1. The van der Waals surface area contributed by atoms with Crippen molar-refractivity contribution in [1.29, 1.82) is 0 Å². The van der Waals surface area contributed by atoms with Gasteiger partial charge in [-0.2, -0.15) is 0 Å². The van der Waals surface area contributed by atoms with E-state index < -0.39 is 10.0 Å². The third-order valence-electron chi connectivity index (χ3n) is 4.31. The third kappa shape index (κ3) is 4.18. The van der Waals surface area contributed by atoms with Gasteiger partial charge in [0.05, 0.1) is 28.8 Å². The van der Waals surface area contributed by atoms with Crippen molar-refractivity contribution < 1.29 is 17.6 Å². The number of aromatic nitrogens is 1. The standard InChI is InChI=1S/C21H17N3O4S/c25-21(19-10-11-22-20-9-2-1-8-18(19)20)24-15-5-3-7-17(13-15)29(26,27)23-14-16-6-4-12-28-16/h1-13,23H,14H2,(H,24,25). The van der Waals surface area contributed by atoms with E-state index in [1.54, 1.807) is 36.5 Å². The number of hydrogen-bond acceptors (Lipinski definition) is 5. The van der Waals surface area contributed by atoms with Crippen LogP contribution in [0, 0.1) is 0 Å². The van der Waals surface area contributed by atoms with Crippen molar-refractivity contribution in [2.75, 3.05) is 5.32 Å². The molecule has 1 amide bonds. The lowest BCUT2D eigenvalue weighted by Crippen LogP contribution is -2.23. The molecule has 0 spiro atoms. The lowest BCUT2D eigenvalue weighted by atomic mass is 10.1. The Labute approximate surface area is 167 Å². The number of benzene rings is 2. The van der Waals surface area contributed by atoms with E-state index in [0.29, 0.717) is 22.5 Å². The maximum Gasteiger partial charge on any atom is 0.256 e. The van der Waals surface area contributed by atoms with Crippen LogP contribution >= 0.6 is 0 Å². The Morgan fingerprint density at radius 1 is 1.00 bits per heavy atom. The first kappa shape index (κ1) is 18.9. The Kier molecular flexibility index (Phi) is 5.11. The number of nitrogens with zero attached hydrogens (tertiary/aromatic N) is 1. The molecule has 2 heterocycles. The van der Waals surface area contributed by atoms with Gasteiger partial charge in [0.2, 0.25) is 10.0 Å². The number of sulfonamides is 1. The van der Waals surface area contributed by atoms with Crippen LogP contribution in [0.2, 0.25) is 0 Å². The summed E-state index contributed by atoms with van der Waals surface area (Å²) in [5.74, 6) is 0.157. The average molecular weight is 407 g/mol. The lowest BCUT2D eigenvalue weighted by molar-refractivity contribution is 0.102. The molecular formula is C21H17N3O4S. The molecule has 4 aromatic rings. The van der Waals surface area contributed by atoms with Gasteiger partial charge in [0.1, 0.15) is 5.76 Å². The minimum Gasteiger partial charge on any atom is -0.468 e. The molecule has 146 valence electrons. The highest BCUT2D eigenvalue weighted by molar-refractivity contribution is 7.89. The Hall–Kier alpha value is -3.49. The molecule has 29 heavy (non-hydrogen) atoms. The zero-order valence-corrected chi connectivity index (χ0v) is 16.0. The molecule has 0 fully saturated rings. The fourth-order valence-electron chi connectivity index (χ4n) is 2.90. The van der Waals surface area contributed by atoms with Gasteiger partial charge in [-0.1, -0.05) is 24.3 Å². The van der Waals surface area contributed by atoms with E-state index in [-0.39, 0.29) is 17.3 Å². The summed E-state index contributed by atoms with van der Waals surface area (Å²) < 4.78 is 32.7. The zero-order valence-electron chi connectivity index (χ0n) is 15.2. The van der Waals surface area contributed by atoms with Gasteiger partial charge < -0.3 is 9.73 Å². The third-order valence-corrected chi connectivity index (χ3v) is 5.71. The number of hydrogen-bond donors (Lipinski definition) is 2. The van der Waals surface area contributed by atoms with E-state index in [1.165, 1.54) is 18.4 Å². The molecular weight excluding hydrogens is 390 g/mol. The molecule has 2 N–H and O–H groups in total. The number of carbonyl (C=O) groups is 1. The number of rotatable bonds is 6. The van der Waals surface area contributed by atoms with Crippen molar-refractivity contribution >= 4 is 32.5 Å². The van der Waals surface area contributed by atoms with E-state index in [1.807, 2.05) is 24.3 Å². The highest BCUT2D eigenvalue weighted by Gasteiger charge is 2.16. The van der Waals surface area contributed by atoms with Crippen LogP contribution in [0.25, 0.3) is 10.9 Å². The first-order chi connectivity index (χ1) is 14.0. The molecule has 0 aliphatic rings. The molecule has 0 radical (unpaired) electrons. The molecule has 0 unspecified atom stereocenters. The number of anilines is 1. The molecule has 0 atom stereocenters. The molecule has 0 aliphatic carbocycles. The summed E-state index contributed by atoms with van der Waals surface area (Å²) in [6.45, 7) is 0.0366. The predicted octanol–water partition coefficient (Wildman–Crippen LogP) is 3.56. The lowest BCUT2D eigenvalue weighted by Gasteiger charge is -2.10. The summed E-state index contributed by atoms with van der Waals surface area (Å²) in [5.41, 5.74) is 1.54. The Bertz CT molecular complexity index is 1260. The van der Waals surface area contributed by atoms with Gasteiger partial charge in [-0.15, -0.1) is 0 Å². The predicted molar refractivity (Wildman–Crippen MR) is 109 cm³/mol. The van der Waals surface area contributed by atoms with E-state index in [0.717, 1.165) is 5.39 Å².